The van der Waals surface area contributed by atoms with Crippen molar-refractivity contribution in [2.75, 3.05) is 5.32 Å². The molecule has 116 valence electrons. The van der Waals surface area contributed by atoms with Crippen LogP contribution in [0.1, 0.15) is 50.3 Å². The van der Waals surface area contributed by atoms with Gasteiger partial charge in [0.2, 0.25) is 0 Å². The Morgan fingerprint density at radius 1 is 1.24 bits per heavy atom. The number of anilines is 1. The summed E-state index contributed by atoms with van der Waals surface area (Å²) >= 11 is 0. The number of carboxylic acid groups (broad SMARTS) is 1. The van der Waals surface area contributed by atoms with Gasteiger partial charge < -0.3 is 9.84 Å². The van der Waals surface area contributed by atoms with Crippen molar-refractivity contribution >= 4 is 17.7 Å². The molecule has 5 heteroatoms. The minimum absolute atomic E-state index is 0.551. The average molecular weight is 293 g/mol. The van der Waals surface area contributed by atoms with Crippen molar-refractivity contribution in [2.45, 2.75) is 53.1 Å². The molecule has 5 nitrogen and oxygen atoms in total. The Bertz CT molecular complexity index is 558. The Labute approximate surface area is 125 Å². The lowest BCUT2D eigenvalue weighted by Gasteiger charge is -2.21. The predicted octanol–water partition coefficient (Wildman–Crippen LogP) is 3.84. The lowest BCUT2D eigenvalue weighted by Crippen LogP contribution is -2.27. The monoisotopic (exact) mass is 293 g/mol. The first-order valence-electron chi connectivity index (χ1n) is 6.85. The summed E-state index contributed by atoms with van der Waals surface area (Å²) in [6.07, 6.45) is -0.551. The molecule has 1 aromatic carbocycles. The van der Waals surface area contributed by atoms with Gasteiger partial charge in [0.15, 0.2) is 0 Å². The van der Waals surface area contributed by atoms with Crippen molar-refractivity contribution in [2.24, 2.45) is 0 Å². The number of amides is 1. The highest BCUT2D eigenvalue weighted by molar-refractivity contribution is 5.87. The number of nitrogens with one attached hydrogen (secondary N) is 1. The Morgan fingerprint density at radius 2 is 1.81 bits per heavy atom. The molecule has 1 atom stereocenters. The Morgan fingerprint density at radius 3 is 2.29 bits per heavy atom. The van der Waals surface area contributed by atoms with Crippen LogP contribution in [0.4, 0.5) is 10.5 Å². The van der Waals surface area contributed by atoms with Crippen LogP contribution in [0, 0.1) is 13.8 Å². The molecule has 0 aliphatic heterocycles. The van der Waals surface area contributed by atoms with Gasteiger partial charge in [-0.05, 0) is 64.3 Å². The van der Waals surface area contributed by atoms with E-state index in [1.807, 2.05) is 19.9 Å². The zero-order valence-corrected chi connectivity index (χ0v) is 13.4. The number of ether oxygens (including phenoxy) is 1. The van der Waals surface area contributed by atoms with E-state index in [2.05, 4.69) is 5.32 Å². The molecular weight excluding hydrogens is 270 g/mol. The van der Waals surface area contributed by atoms with Gasteiger partial charge in [0.25, 0.3) is 0 Å². The smallest absolute Gasteiger partial charge is 0.412 e. The third-order valence-corrected chi connectivity index (χ3v) is 3.20. The van der Waals surface area contributed by atoms with Crippen molar-refractivity contribution in [3.05, 3.63) is 28.8 Å². The van der Waals surface area contributed by atoms with E-state index in [0.717, 1.165) is 11.1 Å². The molecule has 0 radical (unpaired) electrons. The van der Waals surface area contributed by atoms with E-state index in [-0.39, 0.29) is 0 Å². The number of carbonyl (C=O) groups excluding carboxylic acids is 1. The van der Waals surface area contributed by atoms with E-state index in [1.165, 1.54) is 0 Å². The minimum atomic E-state index is -0.901. The molecule has 2 N–H and O–H groups in total. The molecule has 21 heavy (non-hydrogen) atoms. The summed E-state index contributed by atoms with van der Waals surface area (Å²) in [5.74, 6) is -1.54. The van der Waals surface area contributed by atoms with Gasteiger partial charge in [0.1, 0.15) is 5.60 Å². The van der Waals surface area contributed by atoms with E-state index >= 15 is 0 Å². The van der Waals surface area contributed by atoms with Crippen LogP contribution in [0.2, 0.25) is 0 Å². The molecule has 0 saturated heterocycles. The molecule has 0 spiro atoms. The zero-order chi connectivity index (χ0) is 16.4. The molecule has 1 amide bonds. The zero-order valence-electron chi connectivity index (χ0n) is 13.4. The predicted molar refractivity (Wildman–Crippen MR) is 81.8 cm³/mol. The summed E-state index contributed by atoms with van der Waals surface area (Å²) in [5.41, 5.74) is 2.46. The highest BCUT2D eigenvalue weighted by atomic mass is 16.6. The van der Waals surface area contributed by atoms with E-state index in [1.54, 1.807) is 33.8 Å². The number of hydrogen-bond donors (Lipinski definition) is 2. The number of carboxylic acids is 1. The van der Waals surface area contributed by atoms with Crippen LogP contribution in [0.25, 0.3) is 0 Å². The minimum Gasteiger partial charge on any atom is -0.481 e. The van der Waals surface area contributed by atoms with E-state index in [0.29, 0.717) is 11.3 Å². The van der Waals surface area contributed by atoms with Crippen LogP contribution < -0.4 is 5.32 Å². The standard InChI is InChI=1S/C16H23NO4/c1-9-7-12(11(3)14(18)19)8-13(10(9)2)17-15(20)21-16(4,5)6/h7-8,11H,1-6H3,(H,17,20)(H,18,19). The first-order chi connectivity index (χ1) is 9.51. The largest absolute Gasteiger partial charge is 0.481 e. The van der Waals surface area contributed by atoms with Crippen molar-refractivity contribution in [1.82, 2.24) is 0 Å². The van der Waals surface area contributed by atoms with Gasteiger partial charge in [-0.15, -0.1) is 0 Å². The van der Waals surface area contributed by atoms with E-state index < -0.39 is 23.6 Å². The van der Waals surface area contributed by atoms with Gasteiger partial charge in [-0.1, -0.05) is 6.07 Å². The molecule has 0 aliphatic rings. The second kappa shape index (κ2) is 6.16. The first-order valence-corrected chi connectivity index (χ1v) is 6.85. The normalized spacial score (nSPS) is 12.7. The van der Waals surface area contributed by atoms with Gasteiger partial charge in [-0.2, -0.15) is 0 Å². The average Bonchev–Trinajstić information content (AvgIpc) is 2.31. The van der Waals surface area contributed by atoms with Crippen LogP contribution in [-0.4, -0.2) is 22.8 Å². The maximum atomic E-state index is 11.9. The van der Waals surface area contributed by atoms with Crippen molar-refractivity contribution in [1.29, 1.82) is 0 Å². The Balaban J connectivity index is 3.07. The number of aliphatic carboxylic acids is 1. The number of hydrogen-bond acceptors (Lipinski definition) is 3. The van der Waals surface area contributed by atoms with Gasteiger partial charge >= 0.3 is 12.1 Å². The SMILES string of the molecule is Cc1cc(C(C)C(=O)O)cc(NC(=O)OC(C)(C)C)c1C. The number of rotatable bonds is 3. The van der Waals surface area contributed by atoms with Crippen LogP contribution in [0.15, 0.2) is 12.1 Å². The number of benzene rings is 1. The Kier molecular flexibility index (Phi) is 4.99. The van der Waals surface area contributed by atoms with Gasteiger partial charge in [0.05, 0.1) is 5.92 Å². The number of carbonyl (C=O) groups is 2. The molecule has 1 rings (SSSR count). The second-order valence-electron chi connectivity index (χ2n) is 6.20. The fourth-order valence-electron chi connectivity index (χ4n) is 1.82. The third kappa shape index (κ3) is 4.77. The first kappa shape index (κ1) is 17.0. The van der Waals surface area contributed by atoms with Crippen LogP contribution in [0.5, 0.6) is 0 Å². The van der Waals surface area contributed by atoms with Crippen LogP contribution in [-0.2, 0) is 9.53 Å². The van der Waals surface area contributed by atoms with Gasteiger partial charge in [0, 0.05) is 5.69 Å². The van der Waals surface area contributed by atoms with Crippen LogP contribution >= 0.6 is 0 Å². The third-order valence-electron chi connectivity index (χ3n) is 3.20. The van der Waals surface area contributed by atoms with Crippen LogP contribution in [0.3, 0.4) is 0 Å². The van der Waals surface area contributed by atoms with Gasteiger partial charge in [-0.25, -0.2) is 4.79 Å². The highest BCUT2D eigenvalue weighted by Gasteiger charge is 2.19. The highest BCUT2D eigenvalue weighted by Crippen LogP contribution is 2.26. The second-order valence-corrected chi connectivity index (χ2v) is 6.20. The van der Waals surface area contributed by atoms with Crippen molar-refractivity contribution < 1.29 is 19.4 Å². The van der Waals surface area contributed by atoms with E-state index in [4.69, 9.17) is 9.84 Å². The molecule has 1 aromatic rings. The number of aryl methyl sites for hydroxylation is 1. The molecule has 0 aliphatic carbocycles. The molecule has 0 bridgehead atoms. The molecule has 0 fully saturated rings. The van der Waals surface area contributed by atoms with Gasteiger partial charge in [-0.3, -0.25) is 10.1 Å². The summed E-state index contributed by atoms with van der Waals surface area (Å²) < 4.78 is 5.22. The summed E-state index contributed by atoms with van der Waals surface area (Å²) in [6, 6.07) is 3.51. The lowest BCUT2D eigenvalue weighted by molar-refractivity contribution is -0.138. The van der Waals surface area contributed by atoms with Crippen molar-refractivity contribution in [3.63, 3.8) is 0 Å². The van der Waals surface area contributed by atoms with E-state index in [9.17, 15) is 9.59 Å². The maximum absolute atomic E-state index is 11.9. The topological polar surface area (TPSA) is 75.6 Å². The lowest BCUT2D eigenvalue weighted by atomic mass is 9.95. The fraction of sp³-hybridized carbons (Fsp3) is 0.500. The summed E-state index contributed by atoms with van der Waals surface area (Å²) in [4.78, 5) is 23.0. The molecule has 0 heterocycles. The summed E-state index contributed by atoms with van der Waals surface area (Å²) in [5, 5.41) is 11.8. The molecule has 0 saturated carbocycles. The molecule has 0 aromatic heterocycles. The summed E-state index contributed by atoms with van der Waals surface area (Å²) in [7, 11) is 0. The molecular formula is C16H23NO4. The fourth-order valence-corrected chi connectivity index (χ4v) is 1.82. The maximum Gasteiger partial charge on any atom is 0.412 e. The van der Waals surface area contributed by atoms with Crippen molar-refractivity contribution in [3.8, 4) is 0 Å². The molecule has 1 unspecified atom stereocenters. The Hall–Kier alpha value is -2.04. The summed E-state index contributed by atoms with van der Waals surface area (Å²) in [6.45, 7) is 10.7. The quantitative estimate of drug-likeness (QED) is 0.887.